The highest BCUT2D eigenvalue weighted by atomic mass is 19.1. The minimum atomic E-state index is -1.41. The summed E-state index contributed by atoms with van der Waals surface area (Å²) in [5, 5.41) is 17.6. The van der Waals surface area contributed by atoms with E-state index in [0.29, 0.717) is 0 Å². The molecular weight excluding hydrogens is 177 g/mol. The fraction of sp³-hybridized carbons (Fsp3) is 0.125. The van der Waals surface area contributed by atoms with Crippen molar-refractivity contribution in [1.29, 1.82) is 0 Å². The predicted molar refractivity (Wildman–Crippen MR) is 42.6 cm³/mol. The second kappa shape index (κ2) is 3.40. The van der Waals surface area contributed by atoms with Crippen LogP contribution in [0.1, 0.15) is 11.6 Å². The van der Waals surface area contributed by atoms with Crippen LogP contribution in [0.3, 0.4) is 0 Å². The van der Waals surface area contributed by atoms with Crippen molar-refractivity contribution < 1.29 is 19.4 Å². The van der Waals surface area contributed by atoms with Crippen LogP contribution in [0.15, 0.2) is 18.2 Å². The van der Waals surface area contributed by atoms with Crippen LogP contribution >= 0.6 is 0 Å². The van der Waals surface area contributed by atoms with Crippen LogP contribution in [0.25, 0.3) is 0 Å². The smallest absolute Gasteiger partial charge is 0.325 e. The fourth-order valence-corrected chi connectivity index (χ4v) is 0.916. The third kappa shape index (κ3) is 1.75. The van der Waals surface area contributed by atoms with Gasteiger partial charge in [0.05, 0.1) is 0 Å². The summed E-state index contributed by atoms with van der Waals surface area (Å²) in [5.74, 6) is -2.91. The van der Waals surface area contributed by atoms with E-state index in [4.69, 9.17) is 15.9 Å². The summed E-state index contributed by atoms with van der Waals surface area (Å²) in [6.45, 7) is 0. The summed E-state index contributed by atoms with van der Waals surface area (Å²) in [5.41, 5.74) is 5.05. The standard InChI is InChI=1S/C8H8FNO3/c9-5-3-1-2-4(7(5)11)6(10)8(12)13/h1-3,6,11H,10H2,(H,12,13)/t6-/m1/s1. The maximum absolute atomic E-state index is 12.7. The van der Waals surface area contributed by atoms with Gasteiger partial charge in [-0.3, -0.25) is 4.79 Å². The summed E-state index contributed by atoms with van der Waals surface area (Å²) in [7, 11) is 0. The SMILES string of the molecule is N[C@@H](C(=O)O)c1cccc(F)c1O. The minimum absolute atomic E-state index is 0.132. The first kappa shape index (κ1) is 9.47. The number of aromatic hydroxyl groups is 1. The van der Waals surface area contributed by atoms with E-state index in [9.17, 15) is 9.18 Å². The molecule has 70 valence electrons. The molecule has 0 saturated heterocycles. The second-order valence-electron chi connectivity index (χ2n) is 2.49. The van der Waals surface area contributed by atoms with Crippen LogP contribution in [0.4, 0.5) is 4.39 Å². The lowest BCUT2D eigenvalue weighted by molar-refractivity contribution is -0.138. The van der Waals surface area contributed by atoms with Crippen LogP contribution in [-0.2, 0) is 4.79 Å². The lowest BCUT2D eigenvalue weighted by Crippen LogP contribution is -2.20. The monoisotopic (exact) mass is 185 g/mol. The van der Waals surface area contributed by atoms with E-state index in [2.05, 4.69) is 0 Å². The summed E-state index contributed by atoms with van der Waals surface area (Å²) >= 11 is 0. The van der Waals surface area contributed by atoms with Gasteiger partial charge >= 0.3 is 5.97 Å². The lowest BCUT2D eigenvalue weighted by atomic mass is 10.1. The average Bonchev–Trinajstić information content (AvgIpc) is 2.08. The average molecular weight is 185 g/mol. The Balaban J connectivity index is 3.15. The molecule has 4 nitrogen and oxygen atoms in total. The van der Waals surface area contributed by atoms with Crippen LogP contribution in [0.2, 0.25) is 0 Å². The Morgan fingerprint density at radius 3 is 2.69 bits per heavy atom. The number of phenolic OH excluding ortho intramolecular Hbond substituents is 1. The molecule has 1 aromatic carbocycles. The number of rotatable bonds is 2. The molecule has 0 aliphatic heterocycles. The van der Waals surface area contributed by atoms with Crippen LogP contribution in [-0.4, -0.2) is 16.2 Å². The molecule has 0 aromatic heterocycles. The van der Waals surface area contributed by atoms with Crippen molar-refractivity contribution in [3.8, 4) is 5.75 Å². The van der Waals surface area contributed by atoms with E-state index in [-0.39, 0.29) is 5.56 Å². The first-order valence-corrected chi connectivity index (χ1v) is 3.50. The number of halogens is 1. The van der Waals surface area contributed by atoms with Gasteiger partial charge in [-0.2, -0.15) is 0 Å². The zero-order valence-electron chi connectivity index (χ0n) is 6.57. The molecule has 0 unspecified atom stereocenters. The largest absolute Gasteiger partial charge is 0.505 e. The maximum atomic E-state index is 12.7. The van der Waals surface area contributed by atoms with Crippen LogP contribution in [0, 0.1) is 5.82 Å². The van der Waals surface area contributed by atoms with Crippen molar-refractivity contribution in [2.45, 2.75) is 6.04 Å². The Hall–Kier alpha value is -1.62. The molecule has 1 aromatic rings. The summed E-state index contributed by atoms with van der Waals surface area (Å²) in [6.07, 6.45) is 0. The molecular formula is C8H8FNO3. The molecule has 1 rings (SSSR count). The number of carboxylic acid groups (broad SMARTS) is 1. The number of para-hydroxylation sites is 1. The molecule has 0 bridgehead atoms. The number of benzene rings is 1. The van der Waals surface area contributed by atoms with Crippen molar-refractivity contribution in [1.82, 2.24) is 0 Å². The van der Waals surface area contributed by atoms with Crippen molar-refractivity contribution >= 4 is 5.97 Å². The van der Waals surface area contributed by atoms with E-state index in [1.807, 2.05) is 0 Å². The van der Waals surface area contributed by atoms with Crippen molar-refractivity contribution in [2.24, 2.45) is 5.73 Å². The van der Waals surface area contributed by atoms with E-state index < -0.39 is 23.6 Å². The van der Waals surface area contributed by atoms with Gasteiger partial charge in [-0.05, 0) is 6.07 Å². The molecule has 0 heterocycles. The van der Waals surface area contributed by atoms with E-state index in [1.165, 1.54) is 12.1 Å². The highest BCUT2D eigenvalue weighted by molar-refractivity contribution is 5.76. The number of hydrogen-bond donors (Lipinski definition) is 3. The number of hydrogen-bond acceptors (Lipinski definition) is 3. The van der Waals surface area contributed by atoms with Crippen molar-refractivity contribution in [3.05, 3.63) is 29.6 Å². The van der Waals surface area contributed by atoms with Crippen molar-refractivity contribution in [3.63, 3.8) is 0 Å². The molecule has 0 fully saturated rings. The number of aliphatic carboxylic acids is 1. The Morgan fingerprint density at radius 1 is 1.54 bits per heavy atom. The first-order chi connectivity index (χ1) is 6.04. The third-order valence-corrected chi connectivity index (χ3v) is 1.62. The highest BCUT2D eigenvalue weighted by Gasteiger charge is 2.19. The zero-order valence-corrected chi connectivity index (χ0v) is 6.57. The quantitative estimate of drug-likeness (QED) is 0.630. The maximum Gasteiger partial charge on any atom is 0.325 e. The van der Waals surface area contributed by atoms with Gasteiger partial charge in [-0.15, -0.1) is 0 Å². The lowest BCUT2D eigenvalue weighted by Gasteiger charge is -2.08. The molecule has 0 saturated carbocycles. The zero-order chi connectivity index (χ0) is 10.0. The van der Waals surface area contributed by atoms with E-state index >= 15 is 0 Å². The Bertz CT molecular complexity index is 340. The van der Waals surface area contributed by atoms with Gasteiger partial charge in [0.1, 0.15) is 6.04 Å². The molecule has 1 atom stereocenters. The number of carboxylic acids is 1. The highest BCUT2D eigenvalue weighted by Crippen LogP contribution is 2.25. The molecule has 0 amide bonds. The molecule has 0 aliphatic carbocycles. The van der Waals surface area contributed by atoms with Crippen LogP contribution < -0.4 is 5.73 Å². The molecule has 5 heteroatoms. The Kier molecular flexibility index (Phi) is 2.48. The molecule has 4 N–H and O–H groups in total. The molecule has 13 heavy (non-hydrogen) atoms. The summed E-state index contributed by atoms with van der Waals surface area (Å²) < 4.78 is 12.7. The Labute approximate surface area is 73.4 Å². The predicted octanol–water partition coefficient (Wildman–Crippen LogP) is 0.616. The first-order valence-electron chi connectivity index (χ1n) is 3.50. The van der Waals surface area contributed by atoms with Gasteiger partial charge in [-0.1, -0.05) is 12.1 Å². The normalized spacial score (nSPS) is 12.5. The number of phenols is 1. The molecule has 0 aliphatic rings. The van der Waals surface area contributed by atoms with Gasteiger partial charge in [0.2, 0.25) is 0 Å². The minimum Gasteiger partial charge on any atom is -0.505 e. The van der Waals surface area contributed by atoms with Crippen LogP contribution in [0.5, 0.6) is 5.75 Å². The molecule has 0 radical (unpaired) electrons. The van der Waals surface area contributed by atoms with Gasteiger partial charge < -0.3 is 15.9 Å². The Morgan fingerprint density at radius 2 is 2.15 bits per heavy atom. The third-order valence-electron chi connectivity index (χ3n) is 1.62. The topological polar surface area (TPSA) is 83.6 Å². The van der Waals surface area contributed by atoms with Gasteiger partial charge in [0, 0.05) is 5.56 Å². The van der Waals surface area contributed by atoms with Gasteiger partial charge in [-0.25, -0.2) is 4.39 Å². The number of nitrogens with two attached hydrogens (primary N) is 1. The van der Waals surface area contributed by atoms with E-state index in [0.717, 1.165) is 6.07 Å². The number of carbonyl (C=O) groups is 1. The van der Waals surface area contributed by atoms with Gasteiger partial charge in [0.25, 0.3) is 0 Å². The second-order valence-corrected chi connectivity index (χ2v) is 2.49. The van der Waals surface area contributed by atoms with Gasteiger partial charge in [0.15, 0.2) is 11.6 Å². The van der Waals surface area contributed by atoms with Crippen molar-refractivity contribution in [2.75, 3.05) is 0 Å². The fourth-order valence-electron chi connectivity index (χ4n) is 0.916. The summed E-state index contributed by atoms with van der Waals surface area (Å²) in [4.78, 5) is 10.4. The van der Waals surface area contributed by atoms with E-state index in [1.54, 1.807) is 0 Å². The molecule has 0 spiro atoms. The summed E-state index contributed by atoms with van der Waals surface area (Å²) in [6, 6.07) is 2.16.